The van der Waals surface area contributed by atoms with Gasteiger partial charge in [-0.2, -0.15) is 25.3 Å². The quantitative estimate of drug-likeness (QED) is 0.00857. The Morgan fingerprint density at radius 2 is 1.25 bits per heavy atom. The number of nitrogens with one attached hydrogen (secondary N) is 9. The lowest BCUT2D eigenvalue weighted by Crippen LogP contribution is -2.62. The summed E-state index contributed by atoms with van der Waals surface area (Å²) in [4.78, 5) is 99.5. The number of para-hydroxylation sites is 1. The lowest BCUT2D eigenvalue weighted by atomic mass is 9.98. The summed E-state index contributed by atoms with van der Waals surface area (Å²) < 4.78 is 7.80. The monoisotopic (exact) mass is 1040 g/mol. The number of phenols is 1. The number of ketones is 2. The Morgan fingerprint density at radius 3 is 1.88 bits per heavy atom. The summed E-state index contributed by atoms with van der Waals surface area (Å²) in [5, 5.41) is 51.1. The van der Waals surface area contributed by atoms with Gasteiger partial charge in [0.15, 0.2) is 0 Å². The standard InChI is InChI=1S/C49H68N10O11S2/c1-28(62)40(25-61)57-58-41(26-71)44(65)45(66)43(29(2)63)55-46(67)37(14-8-9-19-50)53-47(68)38(22-32-23-51-36-13-7-6-12-35(32)36)54-48(69)39(21-30-10-4-3-5-11-30)56-59-42(27-72)49(70)52-33(24-60)20-31-15-17-34(64)18-16-31/h3-7,10-13,15-18,23-24,28-29,33,37-43,51,56-59,61-64,71-72H,8-9,14,19-22,25-27,50H2,1-2H3,(H,52,70)(H,53,68)(H,54,69)(H,55,67)/t28-,29-,33+,37?,38+,39?,40-,41+,42?,43+/m1/s1/i24D. The van der Waals surface area contributed by atoms with Crippen LogP contribution in [0.5, 0.6) is 5.75 Å². The molecule has 0 spiro atoms. The Bertz CT molecular complexity index is 2440. The van der Waals surface area contributed by atoms with Gasteiger partial charge in [0.05, 0.1) is 36.9 Å². The van der Waals surface area contributed by atoms with E-state index < -0.39 is 109 Å². The van der Waals surface area contributed by atoms with Crippen LogP contribution in [0.3, 0.4) is 0 Å². The summed E-state index contributed by atoms with van der Waals surface area (Å²) in [6, 6.07) is 11.7. The number of H-pyrrole nitrogens is 1. The summed E-state index contributed by atoms with van der Waals surface area (Å²) in [6.07, 6.45) is -1.42. The highest BCUT2D eigenvalue weighted by atomic mass is 32.1. The van der Waals surface area contributed by atoms with Crippen LogP contribution in [0.15, 0.2) is 85.1 Å². The summed E-state index contributed by atoms with van der Waals surface area (Å²) in [5.41, 5.74) is 19.3. The minimum atomic E-state index is -1.79. The number of aliphatic hydroxyl groups is 3. The van der Waals surface area contributed by atoms with E-state index in [1.807, 2.05) is 18.2 Å². The van der Waals surface area contributed by atoms with Crippen molar-refractivity contribution in [2.45, 2.75) is 113 Å². The number of rotatable bonds is 33. The van der Waals surface area contributed by atoms with Gasteiger partial charge in [-0.1, -0.05) is 60.7 Å². The van der Waals surface area contributed by atoms with E-state index in [2.05, 4.69) is 73.2 Å². The average Bonchev–Trinajstić information content (AvgIpc) is 3.78. The maximum Gasteiger partial charge on any atom is 0.243 e. The van der Waals surface area contributed by atoms with Crippen LogP contribution in [0.4, 0.5) is 0 Å². The van der Waals surface area contributed by atoms with Gasteiger partial charge in [-0.15, -0.1) is 0 Å². The molecule has 1 aromatic heterocycles. The SMILES string of the molecule is [2H]C(=O)[C@H](Cc1ccc(O)cc1)NC(=O)C(CS)NNC(Cc1ccccc1)C(=O)N[C@@H](Cc1c[nH]c2ccccc12)C(=O)NC(CCCCN)C(=O)N[C@H](C(=O)C(=O)[C@H](CS)NN[C@H](CO)[C@@H](C)O)[C@@H](C)O. The van der Waals surface area contributed by atoms with Gasteiger partial charge in [0, 0.05) is 35.0 Å². The molecule has 4 aromatic rings. The molecule has 4 rings (SSSR count). The number of fused-ring (bicyclic) bond motifs is 1. The number of amides is 4. The number of nitrogens with two attached hydrogens (primary N) is 1. The number of aromatic nitrogens is 1. The first-order chi connectivity index (χ1) is 34.9. The molecule has 10 atom stereocenters. The molecule has 1 heterocycles. The molecule has 4 amide bonds. The lowest BCUT2D eigenvalue weighted by molar-refractivity contribution is -0.142. The smallest absolute Gasteiger partial charge is 0.243 e. The molecule has 0 radical (unpaired) electrons. The van der Waals surface area contributed by atoms with Gasteiger partial charge in [0.2, 0.25) is 35.2 Å². The molecule has 3 aromatic carbocycles. The van der Waals surface area contributed by atoms with Crippen molar-refractivity contribution < 1.29 is 55.4 Å². The number of carbonyl (C=O) groups is 7. The summed E-state index contributed by atoms with van der Waals surface area (Å²) in [5.74, 6) is -5.85. The van der Waals surface area contributed by atoms with E-state index in [-0.39, 0.29) is 49.5 Å². The number of benzene rings is 3. The predicted octanol–water partition coefficient (Wildman–Crippen LogP) is -1.42. The van der Waals surface area contributed by atoms with E-state index in [1.54, 1.807) is 54.7 Å². The fraction of sp³-hybridized carbons (Fsp3) is 0.449. The topological polar surface area (TPSA) is 338 Å². The van der Waals surface area contributed by atoms with E-state index in [0.717, 1.165) is 10.9 Å². The van der Waals surface area contributed by atoms with Crippen molar-refractivity contribution in [2.24, 2.45) is 5.73 Å². The second kappa shape index (κ2) is 30.3. The number of thiol groups is 2. The van der Waals surface area contributed by atoms with Gasteiger partial charge in [-0.25, -0.2) is 21.7 Å². The number of carbonyl (C=O) groups excluding carboxylic acids is 7. The number of aldehydes is 1. The van der Waals surface area contributed by atoms with Crippen molar-refractivity contribution in [3.8, 4) is 5.75 Å². The van der Waals surface area contributed by atoms with Crippen LogP contribution in [0, 0.1) is 0 Å². The maximum absolute atomic E-state index is 14.6. The van der Waals surface area contributed by atoms with Gasteiger partial charge in [0.25, 0.3) is 0 Å². The second-order valence-electron chi connectivity index (χ2n) is 17.3. The summed E-state index contributed by atoms with van der Waals surface area (Å²) in [6.45, 7) is 2.31. The third-order valence-electron chi connectivity index (χ3n) is 11.7. The van der Waals surface area contributed by atoms with Crippen LogP contribution in [-0.2, 0) is 52.8 Å². The lowest BCUT2D eigenvalue weighted by Gasteiger charge is -2.28. The molecule has 0 aliphatic heterocycles. The molecule has 0 saturated carbocycles. The maximum atomic E-state index is 14.6. The number of hydrogen-bond acceptors (Lipinski definition) is 18. The number of aromatic hydroxyl groups is 1. The van der Waals surface area contributed by atoms with Crippen molar-refractivity contribution in [3.05, 3.63) is 102 Å². The van der Waals surface area contributed by atoms with Gasteiger partial charge in [-0.05, 0) is 87.4 Å². The molecule has 0 saturated heterocycles. The highest BCUT2D eigenvalue weighted by molar-refractivity contribution is 7.80. The van der Waals surface area contributed by atoms with Crippen molar-refractivity contribution in [1.82, 2.24) is 48.0 Å². The van der Waals surface area contributed by atoms with Crippen LogP contribution < -0.4 is 48.7 Å². The Labute approximate surface area is 430 Å². The number of phenolic OH excluding ortho intramolecular Hbond substituents is 1. The molecule has 21 nitrogen and oxygen atoms in total. The number of hydrazine groups is 2. The highest BCUT2D eigenvalue weighted by Gasteiger charge is 2.37. The first-order valence-corrected chi connectivity index (χ1v) is 24.7. The van der Waals surface area contributed by atoms with Crippen molar-refractivity contribution in [3.63, 3.8) is 0 Å². The first-order valence-electron chi connectivity index (χ1n) is 24.0. The molecule has 3 unspecified atom stereocenters. The minimum Gasteiger partial charge on any atom is -0.508 e. The van der Waals surface area contributed by atoms with E-state index in [0.29, 0.717) is 29.5 Å². The molecular formula is C49H68N10O11S2. The molecule has 392 valence electrons. The van der Waals surface area contributed by atoms with E-state index in [9.17, 15) is 54.0 Å². The molecule has 0 aliphatic carbocycles. The Balaban J connectivity index is 1.61. The fourth-order valence-corrected chi connectivity index (χ4v) is 7.97. The van der Waals surface area contributed by atoms with Crippen molar-refractivity contribution in [2.75, 3.05) is 24.7 Å². The minimum absolute atomic E-state index is 0.000358. The zero-order valence-corrected chi connectivity index (χ0v) is 41.8. The number of hydrogen-bond donors (Lipinski definition) is 16. The zero-order chi connectivity index (χ0) is 53.6. The summed E-state index contributed by atoms with van der Waals surface area (Å²) >= 11 is 8.48. The normalized spacial score (nSPS) is 15.8. The third-order valence-corrected chi connectivity index (χ3v) is 12.4. The molecule has 0 bridgehead atoms. The van der Waals surface area contributed by atoms with E-state index in [4.69, 9.17) is 7.10 Å². The third kappa shape index (κ3) is 18.1. The molecule has 0 aliphatic rings. The predicted molar refractivity (Wildman–Crippen MR) is 277 cm³/mol. The number of aliphatic hydroxyl groups excluding tert-OH is 3. The fourth-order valence-electron chi connectivity index (χ4n) is 7.46. The molecule has 15 N–H and O–H groups in total. The van der Waals surface area contributed by atoms with Crippen molar-refractivity contribution in [1.29, 1.82) is 0 Å². The average molecular weight is 1040 g/mol. The zero-order valence-electron chi connectivity index (χ0n) is 41.0. The van der Waals surface area contributed by atoms with Gasteiger partial charge in [-0.3, -0.25) is 28.8 Å². The van der Waals surface area contributed by atoms with Crippen LogP contribution in [-0.4, -0.2) is 152 Å². The van der Waals surface area contributed by atoms with Crippen LogP contribution in [0.2, 0.25) is 0 Å². The van der Waals surface area contributed by atoms with Crippen LogP contribution in [0.25, 0.3) is 10.9 Å². The number of unbranched alkanes of at least 4 members (excludes halogenated alkanes) is 1. The molecule has 72 heavy (non-hydrogen) atoms. The van der Waals surface area contributed by atoms with Crippen LogP contribution in [0.1, 0.15) is 51.2 Å². The Kier molecular flexibility index (Phi) is 24.1. The molecule has 23 heteroatoms. The second-order valence-corrected chi connectivity index (χ2v) is 18.0. The Morgan fingerprint density at radius 1 is 0.667 bits per heavy atom. The van der Waals surface area contributed by atoms with Crippen LogP contribution >= 0.6 is 25.3 Å². The van der Waals surface area contributed by atoms with E-state index >= 15 is 0 Å². The van der Waals surface area contributed by atoms with Gasteiger partial charge >= 0.3 is 0 Å². The van der Waals surface area contributed by atoms with Crippen molar-refractivity contribution >= 4 is 77.6 Å². The van der Waals surface area contributed by atoms with Gasteiger partial charge < -0.3 is 57.2 Å². The highest BCUT2D eigenvalue weighted by Crippen LogP contribution is 2.20. The molecular weight excluding hydrogens is 969 g/mol. The largest absolute Gasteiger partial charge is 0.508 e. The summed E-state index contributed by atoms with van der Waals surface area (Å²) in [7, 11) is 0. The first kappa shape index (κ1) is 57.2. The van der Waals surface area contributed by atoms with Gasteiger partial charge in [0.1, 0.15) is 43.6 Å². The molecule has 0 fully saturated rings. The van der Waals surface area contributed by atoms with E-state index in [1.165, 1.54) is 26.0 Å². The Hall–Kier alpha value is -5.73. The number of Topliss-reactive ketones (excluding diaryl/α,β-unsaturated/α-hetero) is 2. The number of aromatic amines is 1.